The van der Waals surface area contributed by atoms with Gasteiger partial charge in [-0.3, -0.25) is 9.48 Å². The number of nitrogens with zero attached hydrogens (tertiary/aromatic N) is 2. The molecule has 1 aromatic heterocycles. The molecule has 2 N–H and O–H groups in total. The number of hydrogen-bond acceptors (Lipinski definition) is 3. The molecular formula is C15H22Cl2N4O. The van der Waals surface area contributed by atoms with E-state index in [0.717, 1.165) is 29.2 Å². The van der Waals surface area contributed by atoms with Crippen LogP contribution in [0.15, 0.2) is 30.3 Å². The summed E-state index contributed by atoms with van der Waals surface area (Å²) >= 11 is 0. The van der Waals surface area contributed by atoms with Crippen molar-refractivity contribution in [3.63, 3.8) is 0 Å². The number of halogens is 2. The van der Waals surface area contributed by atoms with Crippen LogP contribution >= 0.6 is 24.8 Å². The monoisotopic (exact) mass is 344 g/mol. The van der Waals surface area contributed by atoms with Gasteiger partial charge in [-0.1, -0.05) is 12.1 Å². The van der Waals surface area contributed by atoms with Crippen LogP contribution in [-0.4, -0.2) is 22.7 Å². The van der Waals surface area contributed by atoms with Crippen LogP contribution in [0.5, 0.6) is 0 Å². The van der Waals surface area contributed by atoms with Gasteiger partial charge in [0.25, 0.3) is 0 Å². The van der Waals surface area contributed by atoms with E-state index in [1.165, 1.54) is 0 Å². The minimum atomic E-state index is -0.0715. The van der Waals surface area contributed by atoms with Gasteiger partial charge in [-0.2, -0.15) is 5.10 Å². The van der Waals surface area contributed by atoms with Gasteiger partial charge >= 0.3 is 0 Å². The lowest BCUT2D eigenvalue weighted by atomic mass is 10.2. The number of anilines is 1. The van der Waals surface area contributed by atoms with Crippen molar-refractivity contribution >= 4 is 36.4 Å². The SMILES string of the molecule is CNCc1cccc(NC(=O)Cn2nc(C)cc2C)c1.Cl.Cl. The molecule has 0 unspecified atom stereocenters. The Balaban J connectivity index is 0.00000220. The molecule has 0 bridgehead atoms. The first-order chi connectivity index (χ1) is 9.58. The number of rotatable bonds is 5. The second-order valence-corrected chi connectivity index (χ2v) is 4.86. The predicted molar refractivity (Wildman–Crippen MR) is 94.0 cm³/mol. The summed E-state index contributed by atoms with van der Waals surface area (Å²) in [4.78, 5) is 12.0. The average molecular weight is 345 g/mol. The molecule has 7 heteroatoms. The van der Waals surface area contributed by atoms with Gasteiger partial charge < -0.3 is 10.6 Å². The molecule has 22 heavy (non-hydrogen) atoms. The maximum Gasteiger partial charge on any atom is 0.246 e. The average Bonchev–Trinajstić information content (AvgIpc) is 2.68. The summed E-state index contributed by atoms with van der Waals surface area (Å²) in [5.74, 6) is -0.0715. The molecule has 1 aromatic carbocycles. The third kappa shape index (κ3) is 5.67. The van der Waals surface area contributed by atoms with Gasteiger partial charge in [0.05, 0.1) is 5.69 Å². The van der Waals surface area contributed by atoms with E-state index in [4.69, 9.17) is 0 Å². The maximum absolute atomic E-state index is 12.0. The number of carbonyl (C=O) groups is 1. The molecule has 0 fully saturated rings. The second kappa shape index (κ2) is 9.46. The fraction of sp³-hybridized carbons (Fsp3) is 0.333. The minimum Gasteiger partial charge on any atom is -0.324 e. The molecule has 5 nitrogen and oxygen atoms in total. The summed E-state index contributed by atoms with van der Waals surface area (Å²) in [5, 5.41) is 10.3. The van der Waals surface area contributed by atoms with Crippen LogP contribution in [0.4, 0.5) is 5.69 Å². The summed E-state index contributed by atoms with van der Waals surface area (Å²) in [5.41, 5.74) is 3.86. The molecule has 0 saturated heterocycles. The van der Waals surface area contributed by atoms with Crippen LogP contribution in [0, 0.1) is 13.8 Å². The number of nitrogens with one attached hydrogen (secondary N) is 2. The van der Waals surface area contributed by atoms with Crippen LogP contribution < -0.4 is 10.6 Å². The molecule has 1 amide bonds. The molecule has 1 heterocycles. The van der Waals surface area contributed by atoms with Crippen LogP contribution in [0.2, 0.25) is 0 Å². The van der Waals surface area contributed by atoms with Crippen LogP contribution in [0.25, 0.3) is 0 Å². The van der Waals surface area contributed by atoms with Gasteiger partial charge in [-0.15, -0.1) is 24.8 Å². The van der Waals surface area contributed by atoms with E-state index in [1.54, 1.807) is 4.68 Å². The summed E-state index contributed by atoms with van der Waals surface area (Å²) in [7, 11) is 1.90. The van der Waals surface area contributed by atoms with Crippen molar-refractivity contribution in [3.8, 4) is 0 Å². The Kier molecular flexibility index (Phi) is 8.79. The summed E-state index contributed by atoms with van der Waals surface area (Å²) in [6, 6.07) is 9.77. The molecule has 0 aliphatic carbocycles. The smallest absolute Gasteiger partial charge is 0.246 e. The first kappa shape index (κ1) is 20.4. The molecular weight excluding hydrogens is 323 g/mol. The first-order valence-electron chi connectivity index (χ1n) is 6.63. The predicted octanol–water partition coefficient (Wildman–Crippen LogP) is 2.70. The number of hydrogen-bond donors (Lipinski definition) is 2. The van der Waals surface area contributed by atoms with Crippen molar-refractivity contribution in [3.05, 3.63) is 47.3 Å². The highest BCUT2D eigenvalue weighted by molar-refractivity contribution is 5.90. The zero-order chi connectivity index (χ0) is 14.5. The Labute approximate surface area is 143 Å². The van der Waals surface area contributed by atoms with Crippen molar-refractivity contribution < 1.29 is 4.79 Å². The highest BCUT2D eigenvalue weighted by Crippen LogP contribution is 2.11. The standard InChI is InChI=1S/C15H20N4O.2ClH/c1-11-7-12(2)19(18-11)10-15(20)17-14-6-4-5-13(8-14)9-16-3;;/h4-8,16H,9-10H2,1-3H3,(H,17,20);2*1H. The number of carbonyl (C=O) groups excluding carboxylic acids is 1. The maximum atomic E-state index is 12.0. The van der Waals surface area contributed by atoms with Crippen molar-refractivity contribution in [2.24, 2.45) is 0 Å². The molecule has 0 aliphatic rings. The van der Waals surface area contributed by atoms with Gasteiger partial charge in [0.1, 0.15) is 6.54 Å². The summed E-state index contributed by atoms with van der Waals surface area (Å²) in [6.07, 6.45) is 0. The van der Waals surface area contributed by atoms with Crippen molar-refractivity contribution in [2.45, 2.75) is 26.9 Å². The molecule has 122 valence electrons. The van der Waals surface area contributed by atoms with Gasteiger partial charge in [0, 0.05) is 17.9 Å². The molecule has 0 radical (unpaired) electrons. The lowest BCUT2D eigenvalue weighted by Crippen LogP contribution is -2.20. The molecule has 0 aliphatic heterocycles. The number of amides is 1. The third-order valence-electron chi connectivity index (χ3n) is 2.99. The molecule has 0 saturated carbocycles. The van der Waals surface area contributed by atoms with Crippen LogP contribution in [0.1, 0.15) is 17.0 Å². The quantitative estimate of drug-likeness (QED) is 0.876. The second-order valence-electron chi connectivity index (χ2n) is 4.86. The zero-order valence-corrected chi connectivity index (χ0v) is 14.6. The Morgan fingerprint density at radius 1 is 1.23 bits per heavy atom. The van der Waals surface area contributed by atoms with Gasteiger partial charge in [-0.05, 0) is 44.7 Å². The fourth-order valence-corrected chi connectivity index (χ4v) is 2.13. The first-order valence-corrected chi connectivity index (χ1v) is 6.63. The van der Waals surface area contributed by atoms with Crippen molar-refractivity contribution in [1.29, 1.82) is 0 Å². The molecule has 2 aromatic rings. The van der Waals surface area contributed by atoms with E-state index in [2.05, 4.69) is 15.7 Å². The zero-order valence-electron chi connectivity index (χ0n) is 12.9. The lowest BCUT2D eigenvalue weighted by molar-refractivity contribution is -0.116. The van der Waals surface area contributed by atoms with E-state index in [0.29, 0.717) is 0 Å². The Hall–Kier alpha value is -1.56. The Morgan fingerprint density at radius 3 is 2.55 bits per heavy atom. The van der Waals surface area contributed by atoms with E-state index < -0.39 is 0 Å². The van der Waals surface area contributed by atoms with E-state index >= 15 is 0 Å². The van der Waals surface area contributed by atoms with Gasteiger partial charge in [0.15, 0.2) is 0 Å². The van der Waals surface area contributed by atoms with Crippen molar-refractivity contribution in [2.75, 3.05) is 12.4 Å². The number of benzene rings is 1. The van der Waals surface area contributed by atoms with E-state index in [1.807, 2.05) is 51.2 Å². The topological polar surface area (TPSA) is 58.9 Å². The molecule has 0 spiro atoms. The number of aromatic nitrogens is 2. The lowest BCUT2D eigenvalue weighted by Gasteiger charge is -2.08. The van der Waals surface area contributed by atoms with Crippen molar-refractivity contribution in [1.82, 2.24) is 15.1 Å². The van der Waals surface area contributed by atoms with Crippen LogP contribution in [-0.2, 0) is 17.9 Å². The normalized spacial score (nSPS) is 9.59. The largest absolute Gasteiger partial charge is 0.324 e. The Bertz CT molecular complexity index is 613. The fourth-order valence-electron chi connectivity index (χ4n) is 2.13. The Morgan fingerprint density at radius 2 is 1.95 bits per heavy atom. The minimum absolute atomic E-state index is 0. The summed E-state index contributed by atoms with van der Waals surface area (Å²) < 4.78 is 1.71. The third-order valence-corrected chi connectivity index (χ3v) is 2.99. The van der Waals surface area contributed by atoms with E-state index in [-0.39, 0.29) is 37.3 Å². The molecule has 0 atom stereocenters. The van der Waals surface area contributed by atoms with Crippen LogP contribution in [0.3, 0.4) is 0 Å². The number of aryl methyl sites for hydroxylation is 2. The summed E-state index contributed by atoms with van der Waals surface area (Å²) in [6.45, 7) is 4.88. The van der Waals surface area contributed by atoms with Gasteiger partial charge in [0.2, 0.25) is 5.91 Å². The highest BCUT2D eigenvalue weighted by Gasteiger charge is 2.07. The highest BCUT2D eigenvalue weighted by atomic mass is 35.5. The van der Waals surface area contributed by atoms with Gasteiger partial charge in [-0.25, -0.2) is 0 Å². The molecule has 2 rings (SSSR count). The van der Waals surface area contributed by atoms with E-state index in [9.17, 15) is 4.79 Å².